The quantitative estimate of drug-likeness (QED) is 0.681. The molecule has 21 heavy (non-hydrogen) atoms. The monoisotopic (exact) mass is 283 g/mol. The van der Waals surface area contributed by atoms with Gasteiger partial charge in [0, 0.05) is 29.6 Å². The summed E-state index contributed by atoms with van der Waals surface area (Å²) in [5.41, 5.74) is 1.38. The highest BCUT2D eigenvalue weighted by Crippen LogP contribution is 2.19. The highest BCUT2D eigenvalue weighted by atomic mass is 19.1. The molecule has 0 spiro atoms. The van der Waals surface area contributed by atoms with Gasteiger partial charge in [-0.1, -0.05) is 24.3 Å². The van der Waals surface area contributed by atoms with Crippen molar-refractivity contribution in [2.45, 2.75) is 6.42 Å². The van der Waals surface area contributed by atoms with E-state index >= 15 is 0 Å². The Bertz CT molecular complexity index is 825. The number of fused-ring (bicyclic) bond motifs is 1. The second kappa shape index (κ2) is 5.40. The summed E-state index contributed by atoms with van der Waals surface area (Å²) in [6, 6.07) is 12.0. The first-order chi connectivity index (χ1) is 10.1. The number of hydrogen-bond donors (Lipinski definition) is 0. The Morgan fingerprint density at radius 2 is 1.90 bits per heavy atom. The average molecular weight is 283 g/mol. The molecule has 0 saturated heterocycles. The van der Waals surface area contributed by atoms with Crippen LogP contribution in [0.25, 0.3) is 10.9 Å². The molecule has 0 amide bonds. The van der Waals surface area contributed by atoms with E-state index in [-0.39, 0.29) is 17.8 Å². The molecule has 0 radical (unpaired) electrons. The normalized spacial score (nSPS) is 10.8. The Kier molecular flexibility index (Phi) is 3.44. The SMILES string of the molecule is O=C(Cc1ccc(F)cc1F)c1cccc2ncccc12. The van der Waals surface area contributed by atoms with Gasteiger partial charge in [-0.15, -0.1) is 0 Å². The van der Waals surface area contributed by atoms with Crippen LogP contribution in [0.1, 0.15) is 15.9 Å². The summed E-state index contributed by atoms with van der Waals surface area (Å²) in [5.74, 6) is -1.58. The predicted octanol–water partition coefficient (Wildman–Crippen LogP) is 3.94. The lowest BCUT2D eigenvalue weighted by Crippen LogP contribution is -2.06. The lowest BCUT2D eigenvalue weighted by Gasteiger charge is -2.06. The minimum atomic E-state index is -0.707. The van der Waals surface area contributed by atoms with Crippen molar-refractivity contribution in [3.05, 3.63) is 77.5 Å². The van der Waals surface area contributed by atoms with Crippen LogP contribution in [0.2, 0.25) is 0 Å². The highest BCUT2D eigenvalue weighted by Gasteiger charge is 2.13. The van der Waals surface area contributed by atoms with Gasteiger partial charge >= 0.3 is 0 Å². The topological polar surface area (TPSA) is 30.0 Å². The van der Waals surface area contributed by atoms with Gasteiger partial charge in [0.1, 0.15) is 11.6 Å². The van der Waals surface area contributed by atoms with E-state index in [1.54, 1.807) is 30.5 Å². The second-order valence-electron chi connectivity index (χ2n) is 4.71. The average Bonchev–Trinajstić information content (AvgIpc) is 2.49. The van der Waals surface area contributed by atoms with E-state index in [1.165, 1.54) is 6.07 Å². The van der Waals surface area contributed by atoms with Crippen LogP contribution in [0.5, 0.6) is 0 Å². The molecule has 4 heteroatoms. The molecule has 2 nitrogen and oxygen atoms in total. The van der Waals surface area contributed by atoms with Gasteiger partial charge in [-0.25, -0.2) is 8.78 Å². The molecule has 0 saturated carbocycles. The first kappa shape index (κ1) is 13.4. The van der Waals surface area contributed by atoms with Gasteiger partial charge in [0.25, 0.3) is 0 Å². The van der Waals surface area contributed by atoms with Crippen molar-refractivity contribution < 1.29 is 13.6 Å². The van der Waals surface area contributed by atoms with E-state index in [1.807, 2.05) is 6.07 Å². The molecule has 0 aliphatic rings. The second-order valence-corrected chi connectivity index (χ2v) is 4.71. The van der Waals surface area contributed by atoms with Crippen molar-refractivity contribution in [1.82, 2.24) is 4.98 Å². The lowest BCUT2D eigenvalue weighted by molar-refractivity contribution is 0.0993. The molecule has 3 aromatic rings. The maximum absolute atomic E-state index is 13.6. The molecular formula is C17H11F2NO. The van der Waals surface area contributed by atoms with Crippen molar-refractivity contribution in [2.24, 2.45) is 0 Å². The summed E-state index contributed by atoms with van der Waals surface area (Å²) >= 11 is 0. The molecule has 0 unspecified atom stereocenters. The number of Topliss-reactive ketones (excluding diaryl/α,β-unsaturated/α-hetero) is 1. The molecule has 0 atom stereocenters. The van der Waals surface area contributed by atoms with E-state index in [0.29, 0.717) is 11.1 Å². The van der Waals surface area contributed by atoms with Crippen LogP contribution in [0.15, 0.2) is 54.7 Å². The van der Waals surface area contributed by atoms with Crippen LogP contribution >= 0.6 is 0 Å². The third-order valence-electron chi connectivity index (χ3n) is 3.31. The Hall–Kier alpha value is -2.62. The Balaban J connectivity index is 1.97. The number of rotatable bonds is 3. The van der Waals surface area contributed by atoms with Gasteiger partial charge < -0.3 is 0 Å². The molecule has 0 bridgehead atoms. The van der Waals surface area contributed by atoms with E-state index in [0.717, 1.165) is 17.5 Å². The molecule has 0 N–H and O–H groups in total. The molecule has 0 fully saturated rings. The smallest absolute Gasteiger partial charge is 0.168 e. The molecule has 3 rings (SSSR count). The van der Waals surface area contributed by atoms with Crippen LogP contribution in [0.4, 0.5) is 8.78 Å². The summed E-state index contributed by atoms with van der Waals surface area (Å²) < 4.78 is 26.5. The lowest BCUT2D eigenvalue weighted by atomic mass is 9.99. The van der Waals surface area contributed by atoms with Crippen LogP contribution in [0.3, 0.4) is 0 Å². The van der Waals surface area contributed by atoms with Gasteiger partial charge in [0.15, 0.2) is 5.78 Å². The molecule has 104 valence electrons. The zero-order chi connectivity index (χ0) is 14.8. The van der Waals surface area contributed by atoms with Crippen molar-refractivity contribution in [1.29, 1.82) is 0 Å². The summed E-state index contributed by atoms with van der Waals surface area (Å²) in [4.78, 5) is 16.6. The summed E-state index contributed by atoms with van der Waals surface area (Å²) in [6.07, 6.45) is 1.54. The third-order valence-corrected chi connectivity index (χ3v) is 3.31. The van der Waals surface area contributed by atoms with Crippen molar-refractivity contribution >= 4 is 16.7 Å². The van der Waals surface area contributed by atoms with Gasteiger partial charge in [0.2, 0.25) is 0 Å². The largest absolute Gasteiger partial charge is 0.294 e. The Morgan fingerprint density at radius 3 is 2.71 bits per heavy atom. The van der Waals surface area contributed by atoms with E-state index < -0.39 is 11.6 Å². The molecular weight excluding hydrogens is 272 g/mol. The van der Waals surface area contributed by atoms with Gasteiger partial charge in [-0.05, 0) is 23.8 Å². The van der Waals surface area contributed by atoms with Crippen LogP contribution in [-0.2, 0) is 6.42 Å². The first-order valence-electron chi connectivity index (χ1n) is 6.46. The highest BCUT2D eigenvalue weighted by molar-refractivity contribution is 6.08. The van der Waals surface area contributed by atoms with E-state index in [4.69, 9.17) is 0 Å². The van der Waals surface area contributed by atoms with Crippen molar-refractivity contribution in [3.63, 3.8) is 0 Å². The standard InChI is InChI=1S/C17H11F2NO/c18-12-7-6-11(15(19)10-12)9-17(21)14-3-1-5-16-13(14)4-2-8-20-16/h1-8,10H,9H2. The number of aromatic nitrogens is 1. The zero-order valence-electron chi connectivity index (χ0n) is 11.0. The fraction of sp³-hybridized carbons (Fsp3) is 0.0588. The van der Waals surface area contributed by atoms with Gasteiger partial charge in [-0.3, -0.25) is 9.78 Å². The van der Waals surface area contributed by atoms with Crippen molar-refractivity contribution in [2.75, 3.05) is 0 Å². The number of ketones is 1. The van der Waals surface area contributed by atoms with E-state index in [2.05, 4.69) is 4.98 Å². The zero-order valence-corrected chi connectivity index (χ0v) is 11.0. The van der Waals surface area contributed by atoms with Crippen LogP contribution in [0, 0.1) is 11.6 Å². The van der Waals surface area contributed by atoms with E-state index in [9.17, 15) is 13.6 Å². The molecule has 2 aromatic carbocycles. The first-order valence-corrected chi connectivity index (χ1v) is 6.46. The van der Waals surface area contributed by atoms with Crippen molar-refractivity contribution in [3.8, 4) is 0 Å². The molecule has 0 aliphatic carbocycles. The van der Waals surface area contributed by atoms with Gasteiger partial charge in [0.05, 0.1) is 5.52 Å². The Labute approximate surface area is 120 Å². The fourth-order valence-electron chi connectivity index (χ4n) is 2.28. The summed E-state index contributed by atoms with van der Waals surface area (Å²) in [5, 5.41) is 0.729. The number of hydrogen-bond acceptors (Lipinski definition) is 2. The third kappa shape index (κ3) is 2.65. The molecule has 0 aliphatic heterocycles. The number of nitrogens with zero attached hydrogens (tertiary/aromatic N) is 1. The van der Waals surface area contributed by atoms with Crippen LogP contribution in [-0.4, -0.2) is 10.8 Å². The number of carbonyl (C=O) groups is 1. The summed E-state index contributed by atoms with van der Waals surface area (Å²) in [6.45, 7) is 0. The number of benzene rings is 2. The number of pyridine rings is 1. The maximum atomic E-state index is 13.6. The number of halogens is 2. The molecule has 1 aromatic heterocycles. The fourth-order valence-corrected chi connectivity index (χ4v) is 2.28. The minimum absolute atomic E-state index is 0.111. The maximum Gasteiger partial charge on any atom is 0.168 e. The van der Waals surface area contributed by atoms with Gasteiger partial charge in [-0.2, -0.15) is 0 Å². The number of carbonyl (C=O) groups excluding carboxylic acids is 1. The van der Waals surface area contributed by atoms with Crippen LogP contribution < -0.4 is 0 Å². The Morgan fingerprint density at radius 1 is 1.05 bits per heavy atom. The molecule has 1 heterocycles. The predicted molar refractivity (Wildman–Crippen MR) is 76.1 cm³/mol. The minimum Gasteiger partial charge on any atom is -0.294 e. The summed E-state index contributed by atoms with van der Waals surface area (Å²) in [7, 11) is 0.